The molecule has 0 bridgehead atoms. The quantitative estimate of drug-likeness (QED) is 0.652. The molecule has 142 valence electrons. The zero-order valence-corrected chi connectivity index (χ0v) is 16.2. The number of urea groups is 1. The van der Waals surface area contributed by atoms with Crippen LogP contribution in [-0.2, 0) is 0 Å². The summed E-state index contributed by atoms with van der Waals surface area (Å²) in [6.45, 7) is 0.435. The molecule has 3 aromatic rings. The molecule has 0 aromatic heterocycles. The van der Waals surface area contributed by atoms with Crippen molar-refractivity contribution in [2.45, 2.75) is 5.92 Å². The van der Waals surface area contributed by atoms with Crippen LogP contribution in [0, 0.1) is 11.3 Å². The third kappa shape index (κ3) is 4.13. The molecule has 1 aliphatic heterocycles. The van der Waals surface area contributed by atoms with Crippen molar-refractivity contribution in [3.63, 3.8) is 0 Å². The van der Waals surface area contributed by atoms with Crippen molar-refractivity contribution in [1.82, 2.24) is 5.01 Å². The third-order valence-corrected chi connectivity index (χ3v) is 5.01. The summed E-state index contributed by atoms with van der Waals surface area (Å²) in [5, 5.41) is 18.5. The van der Waals surface area contributed by atoms with E-state index in [1.165, 1.54) is 5.01 Å². The first-order valence-corrected chi connectivity index (χ1v) is 9.50. The monoisotopic (exact) mass is 400 g/mol. The van der Waals surface area contributed by atoms with Crippen molar-refractivity contribution < 1.29 is 4.79 Å². The highest BCUT2D eigenvalue weighted by molar-refractivity contribution is 6.30. The van der Waals surface area contributed by atoms with Gasteiger partial charge in [-0.05, 0) is 47.5 Å². The summed E-state index contributed by atoms with van der Waals surface area (Å²) in [5.74, 6) is -0.0379. The average Bonchev–Trinajstić information content (AvgIpc) is 3.21. The fraction of sp³-hybridized carbons (Fsp3) is 0.0870. The Bertz CT molecular complexity index is 1090. The number of benzene rings is 3. The summed E-state index contributed by atoms with van der Waals surface area (Å²) in [7, 11) is 0. The first kappa shape index (κ1) is 18.7. The summed E-state index contributed by atoms with van der Waals surface area (Å²) in [4.78, 5) is 12.8. The van der Waals surface area contributed by atoms with E-state index in [2.05, 4.69) is 16.5 Å². The summed E-state index contributed by atoms with van der Waals surface area (Å²) in [6, 6.07) is 25.9. The van der Waals surface area contributed by atoms with Crippen LogP contribution in [0.3, 0.4) is 0 Å². The number of rotatable bonds is 3. The lowest BCUT2D eigenvalue weighted by Crippen LogP contribution is -2.30. The van der Waals surface area contributed by atoms with Gasteiger partial charge in [-0.15, -0.1) is 0 Å². The highest BCUT2D eigenvalue weighted by Crippen LogP contribution is 2.29. The Balaban J connectivity index is 1.61. The van der Waals surface area contributed by atoms with Gasteiger partial charge in [-0.2, -0.15) is 10.4 Å². The molecule has 2 amide bonds. The Labute approximate surface area is 173 Å². The van der Waals surface area contributed by atoms with Crippen LogP contribution < -0.4 is 5.32 Å². The molecule has 0 aliphatic carbocycles. The molecular formula is C23H17ClN4O. The second-order valence-corrected chi connectivity index (χ2v) is 7.09. The summed E-state index contributed by atoms with van der Waals surface area (Å²) in [5.41, 5.74) is 3.99. The van der Waals surface area contributed by atoms with Crippen molar-refractivity contribution in [3.05, 3.63) is 101 Å². The van der Waals surface area contributed by atoms with Crippen LogP contribution in [0.15, 0.2) is 84.0 Å². The van der Waals surface area contributed by atoms with Gasteiger partial charge in [-0.3, -0.25) is 0 Å². The number of nitrogens with one attached hydrogen (secondary N) is 1. The van der Waals surface area contributed by atoms with Gasteiger partial charge in [0.2, 0.25) is 0 Å². The van der Waals surface area contributed by atoms with Crippen molar-refractivity contribution in [2.75, 3.05) is 11.9 Å². The molecule has 1 N–H and O–H groups in total. The molecule has 29 heavy (non-hydrogen) atoms. The Morgan fingerprint density at radius 3 is 2.38 bits per heavy atom. The number of halogens is 1. The van der Waals surface area contributed by atoms with Crippen LogP contribution in [0.1, 0.15) is 22.6 Å². The molecule has 4 rings (SSSR count). The highest BCUT2D eigenvalue weighted by Gasteiger charge is 2.32. The van der Waals surface area contributed by atoms with Gasteiger partial charge in [0.1, 0.15) is 0 Å². The largest absolute Gasteiger partial charge is 0.342 e. The fourth-order valence-corrected chi connectivity index (χ4v) is 3.40. The van der Waals surface area contributed by atoms with Gasteiger partial charge in [0, 0.05) is 16.6 Å². The Hall–Kier alpha value is -3.62. The fourth-order valence-electron chi connectivity index (χ4n) is 3.27. The Kier molecular flexibility index (Phi) is 5.28. The van der Waals surface area contributed by atoms with Crippen LogP contribution in [0.4, 0.5) is 10.5 Å². The van der Waals surface area contributed by atoms with Crippen molar-refractivity contribution in [2.24, 2.45) is 5.10 Å². The first-order valence-electron chi connectivity index (χ1n) is 9.12. The molecular weight excluding hydrogens is 384 g/mol. The molecule has 1 heterocycles. The van der Waals surface area contributed by atoms with Gasteiger partial charge in [0.25, 0.3) is 0 Å². The molecule has 5 nitrogen and oxygen atoms in total. The van der Waals surface area contributed by atoms with E-state index in [0.29, 0.717) is 22.8 Å². The molecule has 0 saturated carbocycles. The highest BCUT2D eigenvalue weighted by atomic mass is 35.5. The molecule has 1 unspecified atom stereocenters. The molecule has 0 spiro atoms. The van der Waals surface area contributed by atoms with E-state index in [-0.39, 0.29) is 11.9 Å². The van der Waals surface area contributed by atoms with Crippen LogP contribution in [0.25, 0.3) is 0 Å². The van der Waals surface area contributed by atoms with Crippen molar-refractivity contribution in [1.29, 1.82) is 5.26 Å². The first-order chi connectivity index (χ1) is 14.1. The van der Waals surface area contributed by atoms with Gasteiger partial charge in [-0.25, -0.2) is 9.80 Å². The Morgan fingerprint density at radius 1 is 1.03 bits per heavy atom. The zero-order valence-electron chi connectivity index (χ0n) is 15.4. The second kappa shape index (κ2) is 8.17. The third-order valence-electron chi connectivity index (χ3n) is 4.76. The van der Waals surface area contributed by atoms with Crippen LogP contribution in [0.2, 0.25) is 5.02 Å². The maximum atomic E-state index is 12.8. The predicted molar refractivity (Wildman–Crippen MR) is 114 cm³/mol. The van der Waals surface area contributed by atoms with E-state index in [0.717, 1.165) is 16.8 Å². The predicted octanol–water partition coefficient (Wildman–Crippen LogP) is 5.25. The number of carbonyl (C=O) groups excluding carboxylic acids is 1. The van der Waals surface area contributed by atoms with E-state index in [1.807, 2.05) is 54.6 Å². The number of hydrogen-bond acceptors (Lipinski definition) is 3. The standard InChI is InChI=1S/C23H17ClN4O/c24-19-10-8-18(9-11-19)22-21(17-4-2-1-3-5-17)15-28(27-22)23(29)26-20-12-6-16(14-25)7-13-20/h1-13,21H,15H2,(H,26,29). The van der Waals surface area contributed by atoms with Gasteiger partial charge >= 0.3 is 6.03 Å². The lowest BCUT2D eigenvalue weighted by molar-refractivity contribution is 0.218. The van der Waals surface area contributed by atoms with E-state index in [4.69, 9.17) is 16.9 Å². The lowest BCUT2D eigenvalue weighted by Gasteiger charge is -2.16. The minimum Gasteiger partial charge on any atom is -0.306 e. The number of nitriles is 1. The average molecular weight is 401 g/mol. The molecule has 3 aromatic carbocycles. The van der Waals surface area contributed by atoms with Crippen LogP contribution in [-0.4, -0.2) is 23.3 Å². The summed E-state index contributed by atoms with van der Waals surface area (Å²) < 4.78 is 0. The number of anilines is 1. The minimum atomic E-state index is -0.320. The molecule has 1 atom stereocenters. The number of hydrazone groups is 1. The number of amides is 2. The van der Waals surface area contributed by atoms with Gasteiger partial charge in [0.15, 0.2) is 0 Å². The van der Waals surface area contributed by atoms with Crippen LogP contribution >= 0.6 is 11.6 Å². The molecule has 0 fully saturated rings. The van der Waals surface area contributed by atoms with Gasteiger partial charge < -0.3 is 5.32 Å². The van der Waals surface area contributed by atoms with Crippen molar-refractivity contribution in [3.8, 4) is 6.07 Å². The zero-order chi connectivity index (χ0) is 20.2. The van der Waals surface area contributed by atoms with E-state index in [9.17, 15) is 4.79 Å². The normalized spacial score (nSPS) is 15.5. The lowest BCUT2D eigenvalue weighted by atomic mass is 9.91. The topological polar surface area (TPSA) is 68.5 Å². The smallest absolute Gasteiger partial charge is 0.306 e. The van der Waals surface area contributed by atoms with E-state index >= 15 is 0 Å². The number of hydrogen-bond donors (Lipinski definition) is 1. The summed E-state index contributed by atoms with van der Waals surface area (Å²) >= 11 is 6.03. The molecule has 6 heteroatoms. The minimum absolute atomic E-state index is 0.0379. The maximum Gasteiger partial charge on any atom is 0.342 e. The molecule has 0 saturated heterocycles. The van der Waals surface area contributed by atoms with Crippen molar-refractivity contribution >= 4 is 29.0 Å². The number of nitrogens with zero attached hydrogens (tertiary/aromatic N) is 3. The Morgan fingerprint density at radius 2 is 1.72 bits per heavy atom. The van der Waals surface area contributed by atoms with Crippen LogP contribution in [0.5, 0.6) is 0 Å². The van der Waals surface area contributed by atoms with E-state index < -0.39 is 0 Å². The second-order valence-electron chi connectivity index (χ2n) is 6.66. The van der Waals surface area contributed by atoms with E-state index in [1.54, 1.807) is 24.3 Å². The SMILES string of the molecule is N#Cc1ccc(NC(=O)N2CC(c3ccccc3)C(c3ccc(Cl)cc3)=N2)cc1. The summed E-state index contributed by atoms with van der Waals surface area (Å²) in [6.07, 6.45) is 0. The van der Waals surface area contributed by atoms with Gasteiger partial charge in [0.05, 0.1) is 23.9 Å². The van der Waals surface area contributed by atoms with Gasteiger partial charge in [-0.1, -0.05) is 54.1 Å². The number of carbonyl (C=O) groups is 1. The molecule has 0 radical (unpaired) electrons. The molecule has 1 aliphatic rings. The maximum absolute atomic E-state index is 12.8.